The Hall–Kier alpha value is -2.88. The zero-order chi connectivity index (χ0) is 20.6. The van der Waals surface area contributed by atoms with E-state index in [-0.39, 0.29) is 30.3 Å². The van der Waals surface area contributed by atoms with Crippen LogP contribution in [0.15, 0.2) is 36.5 Å². The number of halogens is 3. The number of amides is 1. The Balaban J connectivity index is 1.29. The van der Waals surface area contributed by atoms with Crippen LogP contribution in [0.3, 0.4) is 0 Å². The summed E-state index contributed by atoms with van der Waals surface area (Å²) in [5.74, 6) is 1.10. The Kier molecular flexibility index (Phi) is 5.03. The molecule has 5 rings (SSSR count). The number of hydrogen-bond acceptors (Lipinski definition) is 6. The topological polar surface area (TPSA) is 70.6 Å². The maximum absolute atomic E-state index is 12.4. The van der Waals surface area contributed by atoms with Crippen molar-refractivity contribution >= 4 is 17.4 Å². The minimum absolute atomic E-state index is 0.199. The Morgan fingerprint density at radius 1 is 1.21 bits per heavy atom. The molecule has 3 aliphatic rings. The molecule has 0 spiro atoms. The molecule has 1 aromatic heterocycles. The van der Waals surface area contributed by atoms with Gasteiger partial charge in [-0.1, -0.05) is 0 Å². The number of alkyl halides is 3. The molecule has 3 saturated heterocycles. The number of aromatic nitrogens is 2. The first kappa shape index (κ1) is 19.4. The van der Waals surface area contributed by atoms with Crippen LogP contribution >= 0.6 is 0 Å². The molecular weight excluding hydrogens is 387 g/mol. The molecule has 2 aromatic rings. The van der Waals surface area contributed by atoms with Gasteiger partial charge in [0.2, 0.25) is 5.91 Å². The van der Waals surface area contributed by atoms with Crippen molar-refractivity contribution < 1.29 is 22.7 Å². The molecule has 1 N–H and O–H groups in total. The molecule has 1 aromatic carbocycles. The van der Waals surface area contributed by atoms with Crippen LogP contribution in [-0.2, 0) is 4.79 Å². The highest BCUT2D eigenvalue weighted by molar-refractivity contribution is 5.92. The molecule has 1 amide bonds. The summed E-state index contributed by atoms with van der Waals surface area (Å²) in [7, 11) is 0. The van der Waals surface area contributed by atoms with E-state index in [9.17, 15) is 18.0 Å². The molecular formula is C19H20F3N5O2. The summed E-state index contributed by atoms with van der Waals surface area (Å²) in [6.07, 6.45) is -1.95. The molecule has 4 heterocycles. The van der Waals surface area contributed by atoms with Gasteiger partial charge in [-0.3, -0.25) is 9.69 Å². The van der Waals surface area contributed by atoms with Gasteiger partial charge >= 0.3 is 6.36 Å². The largest absolute Gasteiger partial charge is 0.573 e. The van der Waals surface area contributed by atoms with Crippen LogP contribution in [0.25, 0.3) is 0 Å². The third-order valence-electron chi connectivity index (χ3n) is 5.13. The fraction of sp³-hybridized carbons (Fsp3) is 0.421. The monoisotopic (exact) mass is 407 g/mol. The summed E-state index contributed by atoms with van der Waals surface area (Å²) in [4.78, 5) is 25.3. The standard InChI is InChI=1S/C19H20F3N5O2/c1-12-23-7-6-17(24-12)26-9-14-8-15(10-26)27(14)11-18(28)25-13-2-4-16(5-3-13)29-19(20,21)22/h2-7,14-15H,8-11H2,1H3,(H,25,28). The first-order valence-electron chi connectivity index (χ1n) is 9.23. The van der Waals surface area contributed by atoms with Crippen molar-refractivity contribution in [2.75, 3.05) is 29.9 Å². The van der Waals surface area contributed by atoms with Gasteiger partial charge in [-0.15, -0.1) is 13.2 Å². The fourth-order valence-electron chi connectivity index (χ4n) is 3.86. The predicted octanol–water partition coefficient (Wildman–Crippen LogP) is 2.59. The van der Waals surface area contributed by atoms with Gasteiger partial charge in [0, 0.05) is 37.1 Å². The number of hydrogen-bond donors (Lipinski definition) is 1. The number of anilines is 2. The molecule has 0 radical (unpaired) electrons. The molecule has 154 valence electrons. The van der Waals surface area contributed by atoms with E-state index in [0.717, 1.165) is 31.2 Å². The highest BCUT2D eigenvalue weighted by Gasteiger charge is 2.45. The Labute approximate surface area is 165 Å². The second-order valence-corrected chi connectivity index (χ2v) is 7.20. The Morgan fingerprint density at radius 3 is 2.52 bits per heavy atom. The average molecular weight is 407 g/mol. The van der Waals surface area contributed by atoms with Crippen LogP contribution in [0.5, 0.6) is 5.75 Å². The number of fused-ring (bicyclic) bond motifs is 2. The maximum Gasteiger partial charge on any atom is 0.573 e. The van der Waals surface area contributed by atoms with Crippen LogP contribution in [0, 0.1) is 6.92 Å². The Bertz CT molecular complexity index is 878. The van der Waals surface area contributed by atoms with Gasteiger partial charge in [-0.05, 0) is 43.7 Å². The molecule has 3 fully saturated rings. The van der Waals surface area contributed by atoms with E-state index in [1.807, 2.05) is 13.0 Å². The Morgan fingerprint density at radius 2 is 1.90 bits per heavy atom. The molecule has 2 atom stereocenters. The number of carbonyl (C=O) groups excluding carboxylic acids is 1. The summed E-state index contributed by atoms with van der Waals surface area (Å²) >= 11 is 0. The summed E-state index contributed by atoms with van der Waals surface area (Å²) < 4.78 is 40.4. The molecule has 7 nitrogen and oxygen atoms in total. The number of piperidine rings is 1. The quantitative estimate of drug-likeness (QED) is 0.822. The predicted molar refractivity (Wildman–Crippen MR) is 99.6 cm³/mol. The first-order chi connectivity index (χ1) is 13.8. The number of rotatable bonds is 5. The van der Waals surface area contributed by atoms with E-state index in [4.69, 9.17) is 0 Å². The van der Waals surface area contributed by atoms with E-state index in [1.165, 1.54) is 24.3 Å². The lowest BCUT2D eigenvalue weighted by Gasteiger charge is -2.56. The van der Waals surface area contributed by atoms with E-state index < -0.39 is 6.36 Å². The minimum Gasteiger partial charge on any atom is -0.406 e. The van der Waals surface area contributed by atoms with Gasteiger partial charge in [-0.2, -0.15) is 0 Å². The molecule has 2 unspecified atom stereocenters. The van der Waals surface area contributed by atoms with Crippen molar-refractivity contribution in [3.05, 3.63) is 42.4 Å². The van der Waals surface area contributed by atoms with Crippen molar-refractivity contribution in [1.82, 2.24) is 14.9 Å². The number of nitrogens with one attached hydrogen (secondary N) is 1. The SMILES string of the molecule is Cc1nccc(N2CC3CC(C2)N3CC(=O)Nc2ccc(OC(F)(F)F)cc2)n1. The van der Waals surface area contributed by atoms with Gasteiger partial charge < -0.3 is 15.0 Å². The van der Waals surface area contributed by atoms with Crippen LogP contribution in [0.1, 0.15) is 12.2 Å². The highest BCUT2D eigenvalue weighted by Crippen LogP contribution is 2.33. The summed E-state index contributed by atoms with van der Waals surface area (Å²) in [5.41, 5.74) is 0.424. The molecule has 3 aliphatic heterocycles. The van der Waals surface area contributed by atoms with Crippen LogP contribution in [0.4, 0.5) is 24.7 Å². The zero-order valence-electron chi connectivity index (χ0n) is 15.7. The number of aryl methyl sites for hydroxylation is 1. The number of piperazine rings is 1. The molecule has 0 saturated carbocycles. The van der Waals surface area contributed by atoms with Crippen LogP contribution in [0.2, 0.25) is 0 Å². The lowest BCUT2D eigenvalue weighted by Crippen LogP contribution is -2.69. The number of benzene rings is 1. The lowest BCUT2D eigenvalue weighted by atomic mass is 9.87. The molecule has 29 heavy (non-hydrogen) atoms. The van der Waals surface area contributed by atoms with Crippen molar-refractivity contribution in [3.63, 3.8) is 0 Å². The third kappa shape index (κ3) is 4.58. The third-order valence-corrected chi connectivity index (χ3v) is 5.13. The molecule has 10 heteroatoms. The van der Waals surface area contributed by atoms with Crippen LogP contribution in [-0.4, -0.2) is 58.9 Å². The zero-order valence-corrected chi connectivity index (χ0v) is 15.7. The number of carbonyl (C=O) groups is 1. The van der Waals surface area contributed by atoms with E-state index in [1.54, 1.807) is 6.20 Å². The second kappa shape index (κ2) is 7.51. The van der Waals surface area contributed by atoms with Gasteiger partial charge in [0.1, 0.15) is 17.4 Å². The molecule has 2 bridgehead atoms. The van der Waals surface area contributed by atoms with Gasteiger partial charge in [-0.25, -0.2) is 9.97 Å². The van der Waals surface area contributed by atoms with E-state index >= 15 is 0 Å². The van der Waals surface area contributed by atoms with Crippen molar-refractivity contribution in [1.29, 1.82) is 0 Å². The maximum atomic E-state index is 12.4. The van der Waals surface area contributed by atoms with Crippen LogP contribution < -0.4 is 15.0 Å². The minimum atomic E-state index is -4.74. The van der Waals surface area contributed by atoms with E-state index in [2.05, 4.69) is 29.8 Å². The number of ether oxygens (including phenoxy) is 1. The number of nitrogens with zero attached hydrogens (tertiary/aromatic N) is 4. The average Bonchev–Trinajstić information content (AvgIpc) is 2.67. The van der Waals surface area contributed by atoms with Gasteiger partial charge in [0.05, 0.1) is 6.54 Å². The van der Waals surface area contributed by atoms with E-state index in [0.29, 0.717) is 5.69 Å². The highest BCUT2D eigenvalue weighted by atomic mass is 19.4. The van der Waals surface area contributed by atoms with Crippen molar-refractivity contribution in [2.24, 2.45) is 0 Å². The van der Waals surface area contributed by atoms with Gasteiger partial charge in [0.25, 0.3) is 0 Å². The second-order valence-electron chi connectivity index (χ2n) is 7.20. The fourth-order valence-corrected chi connectivity index (χ4v) is 3.86. The lowest BCUT2D eigenvalue weighted by molar-refractivity contribution is -0.274. The van der Waals surface area contributed by atoms with Gasteiger partial charge in [0.15, 0.2) is 0 Å². The first-order valence-corrected chi connectivity index (χ1v) is 9.23. The molecule has 0 aliphatic carbocycles. The smallest absolute Gasteiger partial charge is 0.406 e. The summed E-state index contributed by atoms with van der Waals surface area (Å²) in [5, 5.41) is 2.72. The normalized spacial score (nSPS) is 21.4. The summed E-state index contributed by atoms with van der Waals surface area (Å²) in [6.45, 7) is 3.69. The van der Waals surface area contributed by atoms with Crippen molar-refractivity contribution in [2.45, 2.75) is 31.8 Å². The summed E-state index contributed by atoms with van der Waals surface area (Å²) in [6, 6.07) is 7.55. The van der Waals surface area contributed by atoms with Crippen molar-refractivity contribution in [3.8, 4) is 5.75 Å².